The van der Waals surface area contributed by atoms with Gasteiger partial charge in [0.25, 0.3) is 10.1 Å². The lowest BCUT2D eigenvalue weighted by Gasteiger charge is -2.25. The van der Waals surface area contributed by atoms with Gasteiger partial charge in [0.2, 0.25) is 0 Å². The van der Waals surface area contributed by atoms with E-state index in [4.69, 9.17) is 16.6 Å². The number of hydrogen-bond donors (Lipinski definition) is 1. The highest BCUT2D eigenvalue weighted by Crippen LogP contribution is 2.32. The first-order chi connectivity index (χ1) is 14.8. The smallest absolute Gasteiger partial charge is 0.266 e. The number of fused-ring (bicyclic) bond motifs is 1. The quantitative estimate of drug-likeness (QED) is 0.417. The molecule has 0 bridgehead atoms. The SMILES string of the molecule is Cc1ccc2c(-n3ccnc3)cc(N(CCS(=O)(=O)O)Cc3ccccc3)nc2c1Cl. The average Bonchev–Trinajstić information content (AvgIpc) is 3.28. The van der Waals surface area contributed by atoms with Crippen molar-refractivity contribution in [1.82, 2.24) is 14.5 Å². The van der Waals surface area contributed by atoms with Crippen molar-refractivity contribution < 1.29 is 13.0 Å². The van der Waals surface area contributed by atoms with Crippen LogP contribution in [0.1, 0.15) is 11.1 Å². The first kappa shape index (κ1) is 21.3. The lowest BCUT2D eigenvalue weighted by atomic mass is 10.1. The molecular weight excluding hydrogens is 436 g/mol. The Morgan fingerprint density at radius 2 is 1.94 bits per heavy atom. The predicted molar refractivity (Wildman–Crippen MR) is 123 cm³/mol. The van der Waals surface area contributed by atoms with Gasteiger partial charge in [-0.05, 0) is 18.1 Å². The van der Waals surface area contributed by atoms with Gasteiger partial charge in [-0.15, -0.1) is 0 Å². The van der Waals surface area contributed by atoms with Gasteiger partial charge in [-0.2, -0.15) is 8.42 Å². The Morgan fingerprint density at radius 3 is 2.61 bits per heavy atom. The van der Waals surface area contributed by atoms with Crippen LogP contribution in [0.15, 0.2) is 67.3 Å². The van der Waals surface area contributed by atoms with Crippen LogP contribution in [0.4, 0.5) is 5.82 Å². The van der Waals surface area contributed by atoms with Gasteiger partial charge in [-0.1, -0.05) is 54.1 Å². The molecule has 9 heteroatoms. The van der Waals surface area contributed by atoms with Crippen molar-refractivity contribution >= 4 is 38.4 Å². The molecule has 2 heterocycles. The Kier molecular flexibility index (Phi) is 5.95. The lowest BCUT2D eigenvalue weighted by Crippen LogP contribution is -2.29. The van der Waals surface area contributed by atoms with Gasteiger partial charge in [-0.3, -0.25) is 4.55 Å². The Balaban J connectivity index is 1.87. The van der Waals surface area contributed by atoms with Crippen molar-refractivity contribution in [3.05, 3.63) is 83.4 Å². The standard InChI is InChI=1S/C22H21ClN4O3S/c1-16-7-8-18-19(27-10-9-24-15-27)13-20(25-22(18)21(16)23)26(11-12-31(28,29)30)14-17-5-3-2-4-6-17/h2-10,13,15H,11-12,14H2,1H3,(H,28,29,30). The molecule has 160 valence electrons. The maximum absolute atomic E-state index is 11.5. The number of rotatable bonds is 7. The highest BCUT2D eigenvalue weighted by molar-refractivity contribution is 7.85. The zero-order valence-corrected chi connectivity index (χ0v) is 18.4. The summed E-state index contributed by atoms with van der Waals surface area (Å²) in [6, 6.07) is 15.4. The van der Waals surface area contributed by atoms with E-state index in [1.54, 1.807) is 12.5 Å². The third-order valence-electron chi connectivity index (χ3n) is 5.02. The van der Waals surface area contributed by atoms with Crippen LogP contribution in [-0.4, -0.2) is 39.8 Å². The zero-order valence-electron chi connectivity index (χ0n) is 16.8. The number of halogens is 1. The van der Waals surface area contributed by atoms with E-state index in [0.29, 0.717) is 22.9 Å². The van der Waals surface area contributed by atoms with Gasteiger partial charge >= 0.3 is 0 Å². The van der Waals surface area contributed by atoms with Crippen molar-refractivity contribution in [1.29, 1.82) is 0 Å². The summed E-state index contributed by atoms with van der Waals surface area (Å²) in [4.78, 5) is 10.7. The molecule has 0 aliphatic heterocycles. The van der Waals surface area contributed by atoms with Gasteiger partial charge in [0.05, 0.1) is 28.3 Å². The van der Waals surface area contributed by atoms with E-state index in [-0.39, 0.29) is 6.54 Å². The number of hydrogen-bond acceptors (Lipinski definition) is 5. The average molecular weight is 457 g/mol. The Labute approximate surface area is 185 Å². The summed E-state index contributed by atoms with van der Waals surface area (Å²) in [5.41, 5.74) is 3.32. The molecule has 4 aromatic rings. The lowest BCUT2D eigenvalue weighted by molar-refractivity contribution is 0.482. The third kappa shape index (κ3) is 4.87. The molecule has 0 fully saturated rings. The number of nitrogens with zero attached hydrogens (tertiary/aromatic N) is 4. The van der Waals surface area contributed by atoms with Crippen LogP contribution >= 0.6 is 11.6 Å². The van der Waals surface area contributed by atoms with Gasteiger partial charge in [0.15, 0.2) is 0 Å². The highest BCUT2D eigenvalue weighted by atomic mass is 35.5. The van der Waals surface area contributed by atoms with Crippen molar-refractivity contribution in [3.8, 4) is 5.69 Å². The van der Waals surface area contributed by atoms with Crippen LogP contribution in [-0.2, 0) is 16.7 Å². The van der Waals surface area contributed by atoms with Crippen LogP contribution in [0, 0.1) is 6.92 Å². The van der Waals surface area contributed by atoms with E-state index in [1.807, 2.05) is 71.1 Å². The van der Waals surface area contributed by atoms with Crippen LogP contribution in [0.25, 0.3) is 16.6 Å². The number of imidazole rings is 1. The van der Waals surface area contributed by atoms with Crippen LogP contribution in [0.2, 0.25) is 5.02 Å². The molecule has 0 saturated heterocycles. The Hall–Kier alpha value is -2.94. The second-order valence-electron chi connectivity index (χ2n) is 7.26. The molecular formula is C22H21ClN4O3S. The maximum atomic E-state index is 11.5. The Morgan fingerprint density at radius 1 is 1.16 bits per heavy atom. The fourth-order valence-electron chi connectivity index (χ4n) is 3.41. The molecule has 1 N–H and O–H groups in total. The van der Waals surface area contributed by atoms with Gasteiger partial charge in [-0.25, -0.2) is 9.97 Å². The second kappa shape index (κ2) is 8.66. The number of pyridine rings is 1. The van der Waals surface area contributed by atoms with Gasteiger partial charge < -0.3 is 9.47 Å². The molecule has 0 saturated carbocycles. The van der Waals surface area contributed by atoms with E-state index >= 15 is 0 Å². The predicted octanol–water partition coefficient (Wildman–Crippen LogP) is 4.28. The van der Waals surface area contributed by atoms with Crippen LogP contribution < -0.4 is 4.90 Å². The molecule has 0 atom stereocenters. The summed E-state index contributed by atoms with van der Waals surface area (Å²) in [7, 11) is -4.14. The monoisotopic (exact) mass is 456 g/mol. The third-order valence-corrected chi connectivity index (χ3v) is 6.19. The number of aryl methyl sites for hydroxylation is 1. The molecule has 0 radical (unpaired) electrons. The van der Waals surface area contributed by atoms with E-state index in [0.717, 1.165) is 22.2 Å². The van der Waals surface area contributed by atoms with E-state index in [1.165, 1.54) is 0 Å². The maximum Gasteiger partial charge on any atom is 0.266 e. The molecule has 0 aliphatic rings. The minimum atomic E-state index is -4.14. The van der Waals surface area contributed by atoms with E-state index < -0.39 is 15.9 Å². The normalized spacial score (nSPS) is 11.7. The molecule has 4 rings (SSSR count). The largest absolute Gasteiger partial charge is 0.351 e. The first-order valence-corrected chi connectivity index (χ1v) is 11.6. The molecule has 2 aromatic carbocycles. The summed E-state index contributed by atoms with van der Waals surface area (Å²) >= 11 is 6.60. The van der Waals surface area contributed by atoms with Gasteiger partial charge in [0.1, 0.15) is 5.82 Å². The minimum absolute atomic E-state index is 0.0685. The fourth-order valence-corrected chi connectivity index (χ4v) is 4.07. The van der Waals surface area contributed by atoms with Crippen molar-refractivity contribution in [2.75, 3.05) is 17.2 Å². The van der Waals surface area contributed by atoms with Crippen molar-refractivity contribution in [2.24, 2.45) is 0 Å². The van der Waals surface area contributed by atoms with Crippen LogP contribution in [0.3, 0.4) is 0 Å². The molecule has 0 unspecified atom stereocenters. The summed E-state index contributed by atoms with van der Waals surface area (Å²) in [5.74, 6) is 0.137. The summed E-state index contributed by atoms with van der Waals surface area (Å²) in [5, 5.41) is 1.39. The molecule has 0 aliphatic carbocycles. The minimum Gasteiger partial charge on any atom is -0.351 e. The molecule has 2 aromatic heterocycles. The van der Waals surface area contributed by atoms with E-state index in [2.05, 4.69) is 4.98 Å². The number of anilines is 1. The van der Waals surface area contributed by atoms with Gasteiger partial charge in [0, 0.05) is 36.9 Å². The van der Waals surface area contributed by atoms with Crippen molar-refractivity contribution in [3.63, 3.8) is 0 Å². The highest BCUT2D eigenvalue weighted by Gasteiger charge is 2.18. The summed E-state index contributed by atoms with van der Waals surface area (Å²) < 4.78 is 34.1. The topological polar surface area (TPSA) is 88.3 Å². The van der Waals surface area contributed by atoms with Crippen LogP contribution in [0.5, 0.6) is 0 Å². The molecule has 0 spiro atoms. The summed E-state index contributed by atoms with van der Waals surface area (Å²) in [6.07, 6.45) is 5.19. The van der Waals surface area contributed by atoms with Crippen molar-refractivity contribution in [2.45, 2.75) is 13.5 Å². The zero-order chi connectivity index (χ0) is 22.0. The Bertz CT molecular complexity index is 1310. The number of aromatic nitrogens is 3. The number of benzene rings is 2. The molecule has 0 amide bonds. The fraction of sp³-hybridized carbons (Fsp3) is 0.182. The molecule has 7 nitrogen and oxygen atoms in total. The first-order valence-electron chi connectivity index (χ1n) is 9.64. The second-order valence-corrected chi connectivity index (χ2v) is 9.21. The molecule has 31 heavy (non-hydrogen) atoms. The summed E-state index contributed by atoms with van der Waals surface area (Å²) in [6.45, 7) is 2.40. The van der Waals surface area contributed by atoms with E-state index in [9.17, 15) is 13.0 Å².